The first-order chi connectivity index (χ1) is 20.2. The van der Waals surface area contributed by atoms with Crippen molar-refractivity contribution >= 4 is 0 Å². The summed E-state index contributed by atoms with van der Waals surface area (Å²) in [6, 6.07) is 8.12. The molecular weight excluding hydrogens is 1020 g/mol. The van der Waals surface area contributed by atoms with Crippen molar-refractivity contribution in [3.8, 4) is 24.3 Å². The molecule has 26 nitrogen and oxygen atoms in total. The minimum absolute atomic E-state index is 0. The van der Waals surface area contributed by atoms with Crippen LogP contribution in [0.4, 0.5) is 0 Å². The third-order valence-corrected chi connectivity index (χ3v) is 3.75. The first kappa shape index (κ1) is 79.4. The fourth-order valence-corrected chi connectivity index (χ4v) is 2.38. The first-order valence-electron chi connectivity index (χ1n) is 11.7. The van der Waals surface area contributed by atoms with Gasteiger partial charge in [0.25, 0.3) is 0 Å². The van der Waals surface area contributed by atoms with Crippen molar-refractivity contribution in [3.05, 3.63) is 61.3 Å². The molecule has 2 aliphatic carbocycles. The van der Waals surface area contributed by atoms with Gasteiger partial charge >= 0.3 is 42.1 Å². The molecule has 0 saturated heterocycles. The predicted molar refractivity (Wildman–Crippen MR) is 163 cm³/mol. The van der Waals surface area contributed by atoms with Gasteiger partial charge in [0.2, 0.25) is 0 Å². The maximum atomic E-state index is 8.25. The Bertz CT molecular complexity index is 705. The van der Waals surface area contributed by atoms with Gasteiger partial charge in [0.1, 0.15) is 0 Å². The van der Waals surface area contributed by atoms with Gasteiger partial charge in [-0.15, -0.1) is 0 Å². The van der Waals surface area contributed by atoms with Crippen molar-refractivity contribution in [1.29, 1.82) is 21.0 Å². The van der Waals surface area contributed by atoms with Crippen LogP contribution in [0.2, 0.25) is 0 Å². The largest absolute Gasteiger partial charge is 4.00 e. The molecule has 284 valence electrons. The van der Waals surface area contributed by atoms with Crippen LogP contribution in [-0.2, 0) is 42.1 Å². The molecular formula is C20H44N12O14Pt2+4. The van der Waals surface area contributed by atoms with Crippen molar-refractivity contribution in [2.24, 2.45) is 22.9 Å². The number of nitriles is 4. The molecule has 2 rings (SSSR count). The summed E-state index contributed by atoms with van der Waals surface area (Å²) in [4.78, 5) is 33.0. The fraction of sp³-hybridized carbons (Fsp3) is 0.800. The summed E-state index contributed by atoms with van der Waals surface area (Å²) in [6.07, 6.45) is 9.60. The van der Waals surface area contributed by atoms with Gasteiger partial charge in [-0.25, -0.2) is 0 Å². The topological polar surface area (TPSA) is 527 Å². The van der Waals surface area contributed by atoms with Crippen LogP contribution in [0.25, 0.3) is 0 Å². The Morgan fingerprint density at radius 1 is 0.438 bits per heavy atom. The summed E-state index contributed by atoms with van der Waals surface area (Å²) in [5, 5.41) is 88.3. The van der Waals surface area contributed by atoms with E-state index in [0.717, 1.165) is 25.7 Å². The summed E-state index contributed by atoms with van der Waals surface area (Å²) >= 11 is 0. The van der Waals surface area contributed by atoms with E-state index in [-0.39, 0.29) is 77.3 Å². The number of nitrogens with zero attached hydrogens (tertiary/aromatic N) is 8. The molecule has 0 spiro atoms. The molecule has 2 fully saturated rings. The molecule has 0 radical (unpaired) electrons. The summed E-state index contributed by atoms with van der Waals surface area (Å²) in [5.74, 6) is 0. The van der Waals surface area contributed by atoms with Crippen LogP contribution in [0.1, 0.15) is 79.1 Å². The SMILES string of the molecule is CC#N.CC#N.CC#N.CC#N.N[C@@H]1CCCC[C@H]1N.N[C@@H]1CCCC[C@H]1N.O.O.O=[N+]([O-])[O-].O=[N+]([O-])[O-].O=[N+]([O-])[O-].O=[N+]([O-])[O-].[Pt+4].[Pt+4]. The second-order valence-corrected chi connectivity index (χ2v) is 7.01. The summed E-state index contributed by atoms with van der Waals surface area (Å²) in [5.41, 5.74) is 22.6. The van der Waals surface area contributed by atoms with E-state index in [4.69, 9.17) is 105 Å². The average molecular weight is 1070 g/mol. The third kappa shape index (κ3) is 219. The number of rotatable bonds is 0. The van der Waals surface area contributed by atoms with Gasteiger partial charge in [-0.3, -0.25) is 0 Å². The summed E-state index contributed by atoms with van der Waals surface area (Å²) < 4.78 is 0. The maximum Gasteiger partial charge on any atom is 4.00 e. The van der Waals surface area contributed by atoms with E-state index >= 15 is 0 Å². The van der Waals surface area contributed by atoms with Gasteiger partial charge in [0.05, 0.1) is 44.6 Å². The molecule has 0 unspecified atom stereocenters. The Hall–Kier alpha value is -4.10. The molecule has 2 aliphatic rings. The third-order valence-electron chi connectivity index (χ3n) is 3.75. The van der Waals surface area contributed by atoms with E-state index in [9.17, 15) is 0 Å². The standard InChI is InChI=1S/2C6H14N2.4C2H3N.4NO3.2H2O.2Pt/c2*7-5-3-1-2-4-6(5)8;4*1-2-3;4*2-1(3)4;;;;/h2*5-6H,1-4,7-8H2;4*1H3;;;;;2*1H2;;/q;;;;;;4*-1;;;2*+4/t2*5-,6-;;;;;;;;;;;;/m11............/s1. The van der Waals surface area contributed by atoms with Crippen LogP contribution < -0.4 is 22.9 Å². The Morgan fingerprint density at radius 2 is 0.500 bits per heavy atom. The second kappa shape index (κ2) is 74.0. The fourth-order valence-electron chi connectivity index (χ4n) is 2.38. The Morgan fingerprint density at radius 3 is 0.542 bits per heavy atom. The van der Waals surface area contributed by atoms with E-state index in [1.807, 2.05) is 0 Å². The minimum Gasteiger partial charge on any atom is -0.412 e. The van der Waals surface area contributed by atoms with Gasteiger partial charge < -0.3 is 95.2 Å². The Balaban J connectivity index is -0.0000000306. The molecule has 0 heterocycles. The van der Waals surface area contributed by atoms with Crippen molar-refractivity contribution in [3.63, 3.8) is 0 Å². The molecule has 0 aromatic rings. The normalized spacial score (nSPS) is 15.9. The van der Waals surface area contributed by atoms with Gasteiger partial charge in [-0.2, -0.15) is 21.0 Å². The molecule has 0 aliphatic heterocycles. The van der Waals surface area contributed by atoms with Crippen LogP contribution in [0, 0.1) is 107 Å². The molecule has 0 aromatic carbocycles. The predicted octanol–water partition coefficient (Wildman–Crippen LogP) is -0.0613. The van der Waals surface area contributed by atoms with Crippen LogP contribution in [-0.4, -0.2) is 55.5 Å². The second-order valence-electron chi connectivity index (χ2n) is 7.01. The number of hydrogen-bond acceptors (Lipinski definition) is 20. The molecule has 2 saturated carbocycles. The van der Waals surface area contributed by atoms with Crippen molar-refractivity contribution in [2.45, 2.75) is 103 Å². The molecule has 0 amide bonds. The van der Waals surface area contributed by atoms with E-state index in [0.29, 0.717) is 0 Å². The van der Waals surface area contributed by atoms with E-state index in [2.05, 4.69) is 0 Å². The zero-order valence-electron chi connectivity index (χ0n) is 26.4. The monoisotopic (exact) mass is 1070 g/mol. The zero-order chi connectivity index (χ0) is 37.1. The molecule has 12 N–H and O–H groups in total. The summed E-state index contributed by atoms with van der Waals surface area (Å²) in [6.45, 7) is 5.72. The van der Waals surface area contributed by atoms with Crippen molar-refractivity contribution in [2.75, 3.05) is 0 Å². The van der Waals surface area contributed by atoms with E-state index in [1.54, 1.807) is 24.3 Å². The van der Waals surface area contributed by atoms with Gasteiger partial charge in [0.15, 0.2) is 0 Å². The first-order valence-corrected chi connectivity index (χ1v) is 11.7. The number of hydrogen-bond donors (Lipinski definition) is 4. The van der Waals surface area contributed by atoms with Crippen LogP contribution in [0.3, 0.4) is 0 Å². The van der Waals surface area contributed by atoms with Crippen molar-refractivity contribution < 1.29 is 73.4 Å². The van der Waals surface area contributed by atoms with Crippen LogP contribution in [0.5, 0.6) is 0 Å². The van der Waals surface area contributed by atoms with E-state index < -0.39 is 20.3 Å². The minimum atomic E-state index is -1.75. The van der Waals surface area contributed by atoms with E-state index in [1.165, 1.54) is 53.4 Å². The smallest absolute Gasteiger partial charge is 0.412 e. The molecule has 0 bridgehead atoms. The molecule has 28 heteroatoms. The molecule has 48 heavy (non-hydrogen) atoms. The zero-order valence-corrected chi connectivity index (χ0v) is 30.9. The van der Waals surface area contributed by atoms with Gasteiger partial charge in [-0.05, 0) is 25.7 Å². The van der Waals surface area contributed by atoms with Gasteiger partial charge in [-0.1, -0.05) is 25.7 Å². The van der Waals surface area contributed by atoms with Crippen molar-refractivity contribution in [1.82, 2.24) is 0 Å². The number of nitrogens with two attached hydrogens (primary N) is 4. The summed E-state index contributed by atoms with van der Waals surface area (Å²) in [7, 11) is 0. The van der Waals surface area contributed by atoms with Crippen LogP contribution in [0.15, 0.2) is 0 Å². The maximum absolute atomic E-state index is 8.25. The molecule has 0 aromatic heterocycles. The average Bonchev–Trinajstić information content (AvgIpc) is 2.84. The van der Waals surface area contributed by atoms with Crippen LogP contribution >= 0.6 is 0 Å². The quantitative estimate of drug-likeness (QED) is 0.182. The Labute approximate surface area is 305 Å². The molecule has 4 atom stereocenters. The van der Waals surface area contributed by atoms with Gasteiger partial charge in [0, 0.05) is 51.9 Å². The Kier molecular flexibility index (Phi) is 122.